The first-order chi connectivity index (χ1) is 9.53. The van der Waals surface area contributed by atoms with Gasteiger partial charge >= 0.3 is 5.97 Å². The Bertz CT molecular complexity index is 536. The molecule has 7 nitrogen and oxygen atoms in total. The highest BCUT2D eigenvalue weighted by atomic mass is 16.5. The van der Waals surface area contributed by atoms with Gasteiger partial charge in [-0.25, -0.2) is 9.97 Å². The van der Waals surface area contributed by atoms with Gasteiger partial charge in [-0.2, -0.15) is 0 Å². The van der Waals surface area contributed by atoms with Crippen LogP contribution in [0.2, 0.25) is 0 Å². The number of carbonyl (C=O) groups is 1. The number of aromatic nitrogens is 2. The number of hydrogen-bond acceptors (Lipinski definition) is 6. The van der Waals surface area contributed by atoms with E-state index in [2.05, 4.69) is 9.97 Å². The Labute approximate surface area is 117 Å². The lowest BCUT2D eigenvalue weighted by atomic mass is 9.81. The van der Waals surface area contributed by atoms with Crippen LogP contribution in [0, 0.1) is 11.3 Å². The average molecular weight is 278 g/mol. The molecule has 0 radical (unpaired) electrons. The van der Waals surface area contributed by atoms with Crippen molar-refractivity contribution < 1.29 is 14.6 Å². The summed E-state index contributed by atoms with van der Waals surface area (Å²) in [4.78, 5) is 24.0. The van der Waals surface area contributed by atoms with E-state index in [1.807, 2.05) is 30.0 Å². The maximum Gasteiger partial charge on any atom is 0.314 e. The zero-order valence-corrected chi connectivity index (χ0v) is 11.6. The molecular formula is C13H18N4O3. The van der Waals surface area contributed by atoms with Crippen LogP contribution in [0.15, 0.2) is 12.4 Å². The molecule has 1 N–H and O–H groups in total. The number of nitrogens with zero attached hydrogens (tertiary/aromatic N) is 4. The van der Waals surface area contributed by atoms with Crippen LogP contribution < -0.4 is 9.80 Å². The number of carboxylic acids is 1. The monoisotopic (exact) mass is 278 g/mol. The Morgan fingerprint density at radius 2 is 2.35 bits per heavy atom. The summed E-state index contributed by atoms with van der Waals surface area (Å²) in [5.74, 6) is 0.841. The average Bonchev–Trinajstić information content (AvgIpc) is 2.96. The van der Waals surface area contributed by atoms with E-state index in [0.717, 1.165) is 11.6 Å². The molecule has 1 aromatic rings. The minimum atomic E-state index is -0.788. The maximum absolute atomic E-state index is 11.6. The van der Waals surface area contributed by atoms with Crippen LogP contribution in [0.25, 0.3) is 0 Å². The van der Waals surface area contributed by atoms with Gasteiger partial charge in [0.05, 0.1) is 13.2 Å². The van der Waals surface area contributed by atoms with Gasteiger partial charge in [0.15, 0.2) is 0 Å². The first-order valence-corrected chi connectivity index (χ1v) is 6.58. The Kier molecular flexibility index (Phi) is 3.01. The summed E-state index contributed by atoms with van der Waals surface area (Å²) >= 11 is 0. The highest BCUT2D eigenvalue weighted by molar-refractivity contribution is 5.78. The molecule has 0 unspecified atom stereocenters. The molecule has 0 bridgehead atoms. The summed E-state index contributed by atoms with van der Waals surface area (Å²) in [7, 11) is 3.83. The molecule has 20 heavy (non-hydrogen) atoms. The number of anilines is 2. The van der Waals surface area contributed by atoms with E-state index in [1.54, 1.807) is 0 Å². The molecule has 0 aromatic carbocycles. The van der Waals surface area contributed by atoms with Gasteiger partial charge in [0, 0.05) is 39.2 Å². The van der Waals surface area contributed by atoms with Crippen molar-refractivity contribution in [2.24, 2.45) is 11.3 Å². The van der Waals surface area contributed by atoms with Crippen molar-refractivity contribution in [3.63, 3.8) is 0 Å². The van der Waals surface area contributed by atoms with Gasteiger partial charge in [-0.1, -0.05) is 0 Å². The topological polar surface area (TPSA) is 78.8 Å². The Hall–Kier alpha value is -1.89. The van der Waals surface area contributed by atoms with Crippen LogP contribution >= 0.6 is 0 Å². The molecule has 2 saturated heterocycles. The highest BCUT2D eigenvalue weighted by Crippen LogP contribution is 2.42. The van der Waals surface area contributed by atoms with E-state index in [-0.39, 0.29) is 12.5 Å². The SMILES string of the molecule is CN(C)c1cc(N2C[C@@H]3COC[C@]3(C(=O)O)C2)ncn1. The van der Waals surface area contributed by atoms with Crippen molar-refractivity contribution in [1.29, 1.82) is 0 Å². The van der Waals surface area contributed by atoms with E-state index in [0.29, 0.717) is 19.7 Å². The number of aliphatic carboxylic acids is 1. The van der Waals surface area contributed by atoms with E-state index < -0.39 is 11.4 Å². The lowest BCUT2D eigenvalue weighted by Gasteiger charge is -2.23. The molecule has 2 fully saturated rings. The molecule has 108 valence electrons. The Balaban J connectivity index is 1.87. The minimum absolute atomic E-state index is 0.0257. The van der Waals surface area contributed by atoms with E-state index in [4.69, 9.17) is 4.74 Å². The van der Waals surface area contributed by atoms with E-state index in [9.17, 15) is 9.90 Å². The summed E-state index contributed by atoms with van der Waals surface area (Å²) in [6, 6.07) is 1.89. The van der Waals surface area contributed by atoms with Gasteiger partial charge in [0.2, 0.25) is 0 Å². The number of fused-ring (bicyclic) bond motifs is 1. The summed E-state index contributed by atoms with van der Waals surface area (Å²) in [5, 5.41) is 9.53. The summed E-state index contributed by atoms with van der Waals surface area (Å²) < 4.78 is 5.37. The third-order valence-electron chi connectivity index (χ3n) is 4.22. The summed E-state index contributed by atoms with van der Waals surface area (Å²) in [5.41, 5.74) is -0.788. The molecule has 2 aliphatic heterocycles. The van der Waals surface area contributed by atoms with Crippen molar-refractivity contribution in [2.45, 2.75) is 0 Å². The van der Waals surface area contributed by atoms with Gasteiger partial charge in [-0.3, -0.25) is 4.79 Å². The molecule has 0 spiro atoms. The molecule has 0 amide bonds. The predicted molar refractivity (Wildman–Crippen MR) is 72.9 cm³/mol. The normalized spacial score (nSPS) is 28.5. The first kappa shape index (κ1) is 13.1. The third-order valence-corrected chi connectivity index (χ3v) is 4.22. The third kappa shape index (κ3) is 1.89. The van der Waals surface area contributed by atoms with E-state index in [1.165, 1.54) is 6.33 Å². The van der Waals surface area contributed by atoms with Crippen molar-refractivity contribution >= 4 is 17.6 Å². The van der Waals surface area contributed by atoms with Crippen LogP contribution in [0.5, 0.6) is 0 Å². The van der Waals surface area contributed by atoms with Crippen LogP contribution in [0.3, 0.4) is 0 Å². The van der Waals surface area contributed by atoms with Crippen LogP contribution in [-0.2, 0) is 9.53 Å². The second-order valence-corrected chi connectivity index (χ2v) is 5.68. The lowest BCUT2D eigenvalue weighted by Crippen LogP contribution is -2.39. The van der Waals surface area contributed by atoms with Gasteiger partial charge in [-0.05, 0) is 0 Å². The summed E-state index contributed by atoms with van der Waals surface area (Å²) in [6.45, 7) is 1.90. The molecule has 0 saturated carbocycles. The first-order valence-electron chi connectivity index (χ1n) is 6.58. The van der Waals surface area contributed by atoms with Crippen LogP contribution in [0.1, 0.15) is 0 Å². The van der Waals surface area contributed by atoms with Crippen molar-refractivity contribution in [3.8, 4) is 0 Å². The molecule has 0 aliphatic carbocycles. The van der Waals surface area contributed by atoms with Crippen molar-refractivity contribution in [1.82, 2.24) is 9.97 Å². The largest absolute Gasteiger partial charge is 0.481 e. The van der Waals surface area contributed by atoms with Crippen LogP contribution in [-0.4, -0.2) is 61.4 Å². The quantitative estimate of drug-likeness (QED) is 0.838. The smallest absolute Gasteiger partial charge is 0.314 e. The van der Waals surface area contributed by atoms with Gasteiger partial charge in [-0.15, -0.1) is 0 Å². The Morgan fingerprint density at radius 1 is 1.55 bits per heavy atom. The number of rotatable bonds is 3. The summed E-state index contributed by atoms with van der Waals surface area (Å²) in [6.07, 6.45) is 1.52. The molecule has 2 atom stereocenters. The fourth-order valence-electron chi connectivity index (χ4n) is 2.97. The zero-order chi connectivity index (χ0) is 14.3. The van der Waals surface area contributed by atoms with Gasteiger partial charge in [0.1, 0.15) is 23.4 Å². The number of ether oxygens (including phenoxy) is 1. The van der Waals surface area contributed by atoms with Crippen molar-refractivity contribution in [3.05, 3.63) is 12.4 Å². The van der Waals surface area contributed by atoms with Gasteiger partial charge in [0.25, 0.3) is 0 Å². The molecule has 3 rings (SSSR count). The molecule has 3 heterocycles. The molecular weight excluding hydrogens is 260 g/mol. The second-order valence-electron chi connectivity index (χ2n) is 5.68. The minimum Gasteiger partial charge on any atom is -0.481 e. The maximum atomic E-state index is 11.6. The molecule has 2 aliphatic rings. The molecule has 7 heteroatoms. The fraction of sp³-hybridized carbons (Fsp3) is 0.615. The standard InChI is InChI=1S/C13H18N4O3/c1-16(2)10-3-11(15-8-14-10)17-4-9-5-20-7-13(9,6-17)12(18)19/h3,8-9H,4-7H2,1-2H3,(H,18,19)/t9-,13-/m1/s1. The van der Waals surface area contributed by atoms with Gasteiger partial charge < -0.3 is 19.6 Å². The predicted octanol–water partition coefficient (Wildman–Crippen LogP) is 0.0800. The number of carboxylic acid groups (broad SMARTS) is 1. The van der Waals surface area contributed by atoms with Crippen molar-refractivity contribution in [2.75, 3.05) is 50.2 Å². The fourth-order valence-corrected chi connectivity index (χ4v) is 2.97. The number of hydrogen-bond donors (Lipinski definition) is 1. The molecule has 1 aromatic heterocycles. The zero-order valence-electron chi connectivity index (χ0n) is 11.6. The van der Waals surface area contributed by atoms with Crippen LogP contribution in [0.4, 0.5) is 11.6 Å². The highest BCUT2D eigenvalue weighted by Gasteiger charge is 2.56. The Morgan fingerprint density at radius 3 is 3.00 bits per heavy atom. The van der Waals surface area contributed by atoms with E-state index >= 15 is 0 Å². The lowest BCUT2D eigenvalue weighted by molar-refractivity contribution is -0.149. The second kappa shape index (κ2) is 4.59.